The average molecular weight is 538 g/mol. The van der Waals surface area contributed by atoms with Crippen molar-refractivity contribution in [1.82, 2.24) is 34.9 Å². The first kappa shape index (κ1) is 23.5. The molecule has 1 unspecified atom stereocenters. The lowest BCUT2D eigenvalue weighted by Gasteiger charge is -2.25. The maximum atomic E-state index is 5.15. The molecule has 0 radical (unpaired) electrons. The van der Waals surface area contributed by atoms with Crippen molar-refractivity contribution in [2.75, 3.05) is 20.2 Å². The molecule has 31 heavy (non-hydrogen) atoms. The number of ether oxygens (including phenoxy) is 1. The van der Waals surface area contributed by atoms with Crippen LogP contribution in [0.4, 0.5) is 0 Å². The number of aryl methyl sites for hydroxylation is 2. The van der Waals surface area contributed by atoms with E-state index < -0.39 is 0 Å². The van der Waals surface area contributed by atoms with Crippen LogP contribution in [0.2, 0.25) is 0 Å². The number of rotatable bonds is 7. The number of methoxy groups -OCH3 is 1. The first-order valence-electron chi connectivity index (χ1n) is 10.6. The molecule has 168 valence electrons. The first-order valence-corrected chi connectivity index (χ1v) is 10.6. The van der Waals surface area contributed by atoms with Crippen molar-refractivity contribution in [3.8, 4) is 0 Å². The molecule has 2 N–H and O–H groups in total. The number of nitrogens with one attached hydrogen (secondary N) is 2. The highest BCUT2D eigenvalue weighted by atomic mass is 127. The zero-order valence-electron chi connectivity index (χ0n) is 18.3. The van der Waals surface area contributed by atoms with E-state index in [1.807, 2.05) is 29.8 Å². The van der Waals surface area contributed by atoms with Crippen molar-refractivity contribution in [3.05, 3.63) is 41.7 Å². The summed E-state index contributed by atoms with van der Waals surface area (Å²) in [5.41, 5.74) is 2.18. The molecule has 10 heteroatoms. The Morgan fingerprint density at radius 2 is 2.13 bits per heavy atom. The predicted molar refractivity (Wildman–Crippen MR) is 132 cm³/mol. The van der Waals surface area contributed by atoms with Gasteiger partial charge in [0.2, 0.25) is 0 Å². The third kappa shape index (κ3) is 5.53. The van der Waals surface area contributed by atoms with Crippen LogP contribution in [-0.4, -0.2) is 56.5 Å². The summed E-state index contributed by atoms with van der Waals surface area (Å²) in [6.45, 7) is 7.64. The van der Waals surface area contributed by atoms with Gasteiger partial charge in [-0.25, -0.2) is 14.6 Å². The molecule has 1 aliphatic heterocycles. The van der Waals surface area contributed by atoms with Crippen LogP contribution in [0.15, 0.2) is 29.3 Å². The lowest BCUT2D eigenvalue weighted by Crippen LogP contribution is -2.47. The van der Waals surface area contributed by atoms with E-state index in [1.54, 1.807) is 7.11 Å². The van der Waals surface area contributed by atoms with Gasteiger partial charge in [0.15, 0.2) is 11.8 Å². The summed E-state index contributed by atoms with van der Waals surface area (Å²) in [6, 6.07) is 8.50. The molecule has 0 saturated heterocycles. The predicted octanol–water partition coefficient (Wildman–Crippen LogP) is 2.27. The Balaban J connectivity index is 0.00000272. The molecule has 0 aliphatic carbocycles. The van der Waals surface area contributed by atoms with Gasteiger partial charge in [-0.15, -0.1) is 24.0 Å². The van der Waals surface area contributed by atoms with Crippen molar-refractivity contribution in [1.29, 1.82) is 0 Å². The number of fused-ring (bicyclic) bond motifs is 2. The number of imidazole rings is 1. The molecule has 1 atom stereocenters. The first-order chi connectivity index (χ1) is 14.7. The smallest absolute Gasteiger partial charge is 0.191 e. The second kappa shape index (κ2) is 10.9. The van der Waals surface area contributed by atoms with Gasteiger partial charge in [0.25, 0.3) is 0 Å². The maximum absolute atomic E-state index is 5.15. The van der Waals surface area contributed by atoms with E-state index in [0.29, 0.717) is 13.2 Å². The zero-order valence-corrected chi connectivity index (χ0v) is 20.7. The Kier molecular flexibility index (Phi) is 8.24. The second-order valence-electron chi connectivity index (χ2n) is 7.50. The van der Waals surface area contributed by atoms with Crippen LogP contribution < -0.4 is 10.6 Å². The summed E-state index contributed by atoms with van der Waals surface area (Å²) in [5, 5.41) is 11.5. The van der Waals surface area contributed by atoms with E-state index in [0.717, 1.165) is 66.9 Å². The number of nitrogens with zero attached hydrogens (tertiary/aromatic N) is 6. The highest BCUT2D eigenvalue weighted by molar-refractivity contribution is 14.0. The van der Waals surface area contributed by atoms with Crippen LogP contribution in [0.5, 0.6) is 0 Å². The van der Waals surface area contributed by atoms with Crippen molar-refractivity contribution >= 4 is 41.0 Å². The Bertz CT molecular complexity index is 1030. The number of aromatic nitrogens is 5. The third-order valence-electron chi connectivity index (χ3n) is 5.30. The maximum Gasteiger partial charge on any atom is 0.191 e. The Labute approximate surface area is 199 Å². The van der Waals surface area contributed by atoms with E-state index in [2.05, 4.69) is 43.3 Å². The summed E-state index contributed by atoms with van der Waals surface area (Å²) in [5.74, 6) is 3.63. The largest absolute Gasteiger partial charge is 0.377 e. The molecule has 0 fully saturated rings. The van der Waals surface area contributed by atoms with Gasteiger partial charge in [-0.2, -0.15) is 5.10 Å². The van der Waals surface area contributed by atoms with E-state index >= 15 is 0 Å². The van der Waals surface area contributed by atoms with Gasteiger partial charge in [-0.3, -0.25) is 4.99 Å². The van der Waals surface area contributed by atoms with E-state index in [-0.39, 0.29) is 30.0 Å². The summed E-state index contributed by atoms with van der Waals surface area (Å²) < 4.78 is 9.36. The van der Waals surface area contributed by atoms with Crippen molar-refractivity contribution in [3.63, 3.8) is 0 Å². The van der Waals surface area contributed by atoms with Gasteiger partial charge in [-0.1, -0.05) is 12.1 Å². The molecular weight excluding hydrogens is 507 g/mol. The molecule has 9 nitrogen and oxygen atoms in total. The van der Waals surface area contributed by atoms with E-state index in [1.165, 1.54) is 0 Å². The number of hydrogen-bond donors (Lipinski definition) is 2. The van der Waals surface area contributed by atoms with Gasteiger partial charge in [0, 0.05) is 32.7 Å². The standard InChI is InChI=1S/C21H30N8O.HI/c1-4-22-21(23-11-12-28-15(2)24-17-7-5-6-8-18(17)28)25-16-9-10-20-26-19(14-30-3)27-29(20)13-16;/h5-8,16H,4,9-14H2,1-3H3,(H2,22,23,25);1H. The van der Waals surface area contributed by atoms with Crippen LogP contribution in [-0.2, 0) is 30.9 Å². The Morgan fingerprint density at radius 3 is 2.94 bits per heavy atom. The van der Waals surface area contributed by atoms with Crippen LogP contribution >= 0.6 is 24.0 Å². The number of para-hydroxylation sites is 2. The lowest BCUT2D eigenvalue weighted by molar-refractivity contribution is 0.177. The van der Waals surface area contributed by atoms with Gasteiger partial charge >= 0.3 is 0 Å². The van der Waals surface area contributed by atoms with Crippen LogP contribution in [0, 0.1) is 6.92 Å². The molecule has 0 saturated carbocycles. The summed E-state index contributed by atoms with van der Waals surface area (Å²) >= 11 is 0. The second-order valence-corrected chi connectivity index (χ2v) is 7.50. The lowest BCUT2D eigenvalue weighted by atomic mass is 10.1. The molecule has 3 heterocycles. The van der Waals surface area contributed by atoms with Crippen LogP contribution in [0.1, 0.15) is 30.8 Å². The molecule has 4 rings (SSSR count). The zero-order chi connectivity index (χ0) is 20.9. The monoisotopic (exact) mass is 538 g/mol. The van der Waals surface area contributed by atoms with Crippen LogP contribution in [0.3, 0.4) is 0 Å². The number of benzene rings is 1. The molecule has 2 aromatic heterocycles. The van der Waals surface area contributed by atoms with Crippen molar-refractivity contribution in [2.24, 2.45) is 4.99 Å². The number of hydrogen-bond acceptors (Lipinski definition) is 5. The van der Waals surface area contributed by atoms with Gasteiger partial charge in [0.05, 0.1) is 24.1 Å². The summed E-state index contributed by atoms with van der Waals surface area (Å²) in [7, 11) is 1.66. The van der Waals surface area contributed by atoms with Gasteiger partial charge < -0.3 is 19.9 Å². The Hall–Kier alpha value is -2.21. The molecule has 1 aliphatic rings. The van der Waals surface area contributed by atoms with Crippen molar-refractivity contribution < 1.29 is 4.74 Å². The highest BCUT2D eigenvalue weighted by Gasteiger charge is 2.22. The minimum atomic E-state index is 0. The number of halogens is 1. The fourth-order valence-corrected chi connectivity index (χ4v) is 3.92. The topological polar surface area (TPSA) is 94.2 Å². The van der Waals surface area contributed by atoms with Gasteiger partial charge in [0.1, 0.15) is 18.3 Å². The SMILES string of the molecule is CCNC(=NCCn1c(C)nc2ccccc21)NC1CCc2nc(COC)nn2C1.I. The highest BCUT2D eigenvalue weighted by Crippen LogP contribution is 2.15. The van der Waals surface area contributed by atoms with E-state index in [4.69, 9.17) is 9.73 Å². The quantitative estimate of drug-likeness (QED) is 0.273. The Morgan fingerprint density at radius 1 is 1.29 bits per heavy atom. The molecule has 1 aromatic carbocycles. The number of guanidine groups is 1. The fraction of sp³-hybridized carbons (Fsp3) is 0.524. The van der Waals surface area contributed by atoms with Gasteiger partial charge in [-0.05, 0) is 32.4 Å². The molecule has 0 bridgehead atoms. The average Bonchev–Trinajstić information content (AvgIpc) is 3.28. The molecule has 3 aromatic rings. The van der Waals surface area contributed by atoms with E-state index in [9.17, 15) is 0 Å². The molecular formula is C21H31IN8O. The molecule has 0 spiro atoms. The summed E-state index contributed by atoms with van der Waals surface area (Å²) in [6.07, 6.45) is 1.90. The fourth-order valence-electron chi connectivity index (χ4n) is 3.92. The van der Waals surface area contributed by atoms with Crippen LogP contribution in [0.25, 0.3) is 11.0 Å². The number of aliphatic imine (C=N–C) groups is 1. The normalized spacial score (nSPS) is 16.1. The van der Waals surface area contributed by atoms with Crippen molar-refractivity contribution in [2.45, 2.75) is 52.4 Å². The minimum absolute atomic E-state index is 0. The third-order valence-corrected chi connectivity index (χ3v) is 5.30. The summed E-state index contributed by atoms with van der Waals surface area (Å²) in [4.78, 5) is 14.0. The minimum Gasteiger partial charge on any atom is -0.377 e. The molecule has 0 amide bonds.